The molecule has 3 fully saturated rings. The molecule has 0 saturated heterocycles. The zero-order valence-corrected chi connectivity index (χ0v) is 19.5. The fraction of sp³-hybridized carbons (Fsp3) is 1.00. The molecule has 6 unspecified atom stereocenters. The summed E-state index contributed by atoms with van der Waals surface area (Å²) in [6.07, 6.45) is 10.6. The third-order valence-electron chi connectivity index (χ3n) is 9.13. The van der Waals surface area contributed by atoms with Gasteiger partial charge in [-0.3, -0.25) is 0 Å². The lowest BCUT2D eigenvalue weighted by Crippen LogP contribution is -2.43. The Hall–Kier alpha value is -0.180. The van der Waals surface area contributed by atoms with E-state index >= 15 is 0 Å². The first-order chi connectivity index (χ1) is 13.9. The van der Waals surface area contributed by atoms with E-state index in [0.717, 1.165) is 62.2 Å². The zero-order valence-electron chi connectivity index (χ0n) is 19.5. The maximum Gasteiger partial charge on any atom is 0.358 e. The van der Waals surface area contributed by atoms with Crippen molar-refractivity contribution in [2.75, 3.05) is 0 Å². The van der Waals surface area contributed by atoms with Gasteiger partial charge in [0.25, 0.3) is 0 Å². The molecule has 6 atom stereocenters. The van der Waals surface area contributed by atoms with Gasteiger partial charge in [-0.25, -0.2) is 0 Å². The molecule has 3 aliphatic carbocycles. The number of ether oxygens (including phenoxy) is 1. The fourth-order valence-corrected chi connectivity index (χ4v) is 7.09. The maximum atomic E-state index is 14.9. The average Bonchev–Trinajstić information content (AvgIpc) is 2.73. The molecule has 0 N–H and O–H groups in total. The highest BCUT2D eigenvalue weighted by Gasteiger charge is 2.46. The molecule has 0 aromatic rings. The summed E-state index contributed by atoms with van der Waals surface area (Å²) in [6, 6.07) is 0. The summed E-state index contributed by atoms with van der Waals surface area (Å²) in [5.74, 6) is 3.89. The Morgan fingerprint density at radius 3 is 1.90 bits per heavy atom. The van der Waals surface area contributed by atoms with Gasteiger partial charge in [-0.05, 0) is 80.5 Å². The van der Waals surface area contributed by atoms with Crippen molar-refractivity contribution in [1.29, 1.82) is 0 Å². The van der Waals surface area contributed by atoms with Crippen molar-refractivity contribution in [3.05, 3.63) is 0 Å². The molecule has 1 nitrogen and oxygen atoms in total. The molecule has 0 spiro atoms. The van der Waals surface area contributed by atoms with Gasteiger partial charge in [-0.2, -0.15) is 8.78 Å². The van der Waals surface area contributed by atoms with E-state index in [-0.39, 0.29) is 6.10 Å². The SMILES string of the molecule is CCC1CCC(C2CCC(OC(F)(F)C3CCC(C)CC3)CC2CC)C(CC)C1. The lowest BCUT2D eigenvalue weighted by Gasteiger charge is -2.47. The van der Waals surface area contributed by atoms with Crippen molar-refractivity contribution >= 4 is 0 Å². The van der Waals surface area contributed by atoms with Crippen LogP contribution in [0.2, 0.25) is 0 Å². The Balaban J connectivity index is 1.57. The van der Waals surface area contributed by atoms with E-state index < -0.39 is 12.0 Å². The summed E-state index contributed by atoms with van der Waals surface area (Å²) in [5, 5.41) is 0. The first-order valence-corrected chi connectivity index (χ1v) is 12.9. The van der Waals surface area contributed by atoms with Crippen LogP contribution in [0.1, 0.15) is 111 Å². The lowest BCUT2D eigenvalue weighted by atomic mass is 9.60. The van der Waals surface area contributed by atoms with Crippen LogP contribution in [0.3, 0.4) is 0 Å². The molecule has 3 aliphatic rings. The maximum absolute atomic E-state index is 14.9. The molecule has 0 amide bonds. The van der Waals surface area contributed by atoms with E-state index in [1.54, 1.807) is 0 Å². The molecule has 0 bridgehead atoms. The first kappa shape index (κ1) is 23.5. The molecule has 0 aromatic carbocycles. The van der Waals surface area contributed by atoms with E-state index in [1.165, 1.54) is 32.1 Å². The van der Waals surface area contributed by atoms with E-state index in [9.17, 15) is 8.78 Å². The van der Waals surface area contributed by atoms with Gasteiger partial charge < -0.3 is 4.74 Å². The van der Waals surface area contributed by atoms with Gasteiger partial charge >= 0.3 is 6.11 Å². The molecular formula is C26H46F2O. The number of alkyl halides is 2. The van der Waals surface area contributed by atoms with E-state index in [2.05, 4.69) is 27.7 Å². The summed E-state index contributed by atoms with van der Waals surface area (Å²) in [5.41, 5.74) is 0. The molecule has 170 valence electrons. The highest BCUT2D eigenvalue weighted by Crippen LogP contribution is 2.49. The smallest absolute Gasteiger partial charge is 0.317 e. The highest BCUT2D eigenvalue weighted by atomic mass is 19.3. The van der Waals surface area contributed by atoms with E-state index in [0.29, 0.717) is 24.7 Å². The minimum Gasteiger partial charge on any atom is -0.317 e. The number of halogens is 2. The summed E-state index contributed by atoms with van der Waals surface area (Å²) in [7, 11) is 0. The third kappa shape index (κ3) is 5.74. The minimum absolute atomic E-state index is 0.238. The second-order valence-electron chi connectivity index (χ2n) is 10.8. The van der Waals surface area contributed by atoms with Crippen LogP contribution >= 0.6 is 0 Å². The van der Waals surface area contributed by atoms with Crippen molar-refractivity contribution < 1.29 is 13.5 Å². The van der Waals surface area contributed by atoms with Crippen LogP contribution in [-0.2, 0) is 4.74 Å². The Labute approximate surface area is 178 Å². The third-order valence-corrected chi connectivity index (χ3v) is 9.13. The Morgan fingerprint density at radius 1 is 0.724 bits per heavy atom. The molecule has 3 heteroatoms. The van der Waals surface area contributed by atoms with Crippen LogP contribution < -0.4 is 0 Å². The Morgan fingerprint density at radius 2 is 1.31 bits per heavy atom. The molecule has 0 radical (unpaired) electrons. The van der Waals surface area contributed by atoms with Gasteiger partial charge in [0, 0.05) is 0 Å². The Bertz CT molecular complexity index is 485. The van der Waals surface area contributed by atoms with Gasteiger partial charge in [0.05, 0.1) is 12.0 Å². The van der Waals surface area contributed by atoms with Crippen LogP contribution in [0.15, 0.2) is 0 Å². The summed E-state index contributed by atoms with van der Waals surface area (Å²) >= 11 is 0. The molecule has 29 heavy (non-hydrogen) atoms. The largest absolute Gasteiger partial charge is 0.358 e. The van der Waals surface area contributed by atoms with Crippen LogP contribution in [0.4, 0.5) is 8.78 Å². The van der Waals surface area contributed by atoms with Crippen LogP contribution in [0, 0.1) is 41.4 Å². The summed E-state index contributed by atoms with van der Waals surface area (Å²) in [6.45, 7) is 9.14. The molecule has 0 aromatic heterocycles. The van der Waals surface area contributed by atoms with Crippen molar-refractivity contribution in [3.63, 3.8) is 0 Å². The fourth-order valence-electron chi connectivity index (χ4n) is 7.09. The molecule has 3 saturated carbocycles. The van der Waals surface area contributed by atoms with Crippen molar-refractivity contribution in [2.45, 2.75) is 123 Å². The molecule has 3 rings (SSSR count). The average molecular weight is 413 g/mol. The van der Waals surface area contributed by atoms with Crippen LogP contribution in [0.5, 0.6) is 0 Å². The summed E-state index contributed by atoms with van der Waals surface area (Å²) in [4.78, 5) is 0. The van der Waals surface area contributed by atoms with Crippen molar-refractivity contribution in [3.8, 4) is 0 Å². The minimum atomic E-state index is -2.93. The number of hydrogen-bond donors (Lipinski definition) is 0. The Kier molecular flexibility index (Phi) is 8.44. The van der Waals surface area contributed by atoms with Crippen molar-refractivity contribution in [2.24, 2.45) is 41.4 Å². The molecular weight excluding hydrogens is 366 g/mol. The summed E-state index contributed by atoms with van der Waals surface area (Å²) < 4.78 is 35.3. The second-order valence-corrected chi connectivity index (χ2v) is 10.8. The van der Waals surface area contributed by atoms with E-state index in [4.69, 9.17) is 4.74 Å². The monoisotopic (exact) mass is 412 g/mol. The highest BCUT2D eigenvalue weighted by molar-refractivity contribution is 4.91. The van der Waals surface area contributed by atoms with Crippen LogP contribution in [-0.4, -0.2) is 12.2 Å². The second kappa shape index (κ2) is 10.4. The molecule has 0 heterocycles. The van der Waals surface area contributed by atoms with Gasteiger partial charge in [-0.15, -0.1) is 0 Å². The van der Waals surface area contributed by atoms with Gasteiger partial charge in [-0.1, -0.05) is 66.2 Å². The standard InChI is InChI=1S/C26H46F2O/c1-5-19-10-14-24(20(6-2)16-19)25-15-13-23(17-21(25)7-3)29-26(27,28)22-11-8-18(4)9-12-22/h18-25H,5-17H2,1-4H3. The predicted octanol–water partition coefficient (Wildman–Crippen LogP) is 8.47. The van der Waals surface area contributed by atoms with E-state index in [1.807, 2.05) is 0 Å². The van der Waals surface area contributed by atoms with Crippen molar-refractivity contribution in [1.82, 2.24) is 0 Å². The predicted molar refractivity (Wildman–Crippen MR) is 117 cm³/mol. The van der Waals surface area contributed by atoms with Gasteiger partial charge in [0.15, 0.2) is 0 Å². The first-order valence-electron chi connectivity index (χ1n) is 12.9. The molecule has 0 aliphatic heterocycles. The quantitative estimate of drug-likeness (QED) is 0.407. The number of hydrogen-bond acceptors (Lipinski definition) is 1. The lowest BCUT2D eigenvalue weighted by molar-refractivity contribution is -0.304. The van der Waals surface area contributed by atoms with Gasteiger partial charge in [0.1, 0.15) is 0 Å². The van der Waals surface area contributed by atoms with Crippen LogP contribution in [0.25, 0.3) is 0 Å². The topological polar surface area (TPSA) is 9.23 Å². The van der Waals surface area contributed by atoms with Gasteiger partial charge in [0.2, 0.25) is 0 Å². The normalized spacial score (nSPS) is 42.0. The zero-order chi connectivity index (χ0) is 21.0. The number of rotatable bonds is 7.